The molecule has 0 saturated heterocycles. The lowest BCUT2D eigenvalue weighted by atomic mass is 10.1. The Kier molecular flexibility index (Phi) is 4.60. The van der Waals surface area contributed by atoms with Crippen LogP contribution in [0.4, 0.5) is 0 Å². The summed E-state index contributed by atoms with van der Waals surface area (Å²) in [5, 5.41) is 0. The van der Waals surface area contributed by atoms with Crippen LogP contribution < -0.4 is 14.2 Å². The Hall–Kier alpha value is -2.49. The number of para-hydroxylation sites is 1. The lowest BCUT2D eigenvalue weighted by Crippen LogP contribution is -2.11. The third-order valence-electron chi connectivity index (χ3n) is 2.82. The zero-order valence-electron chi connectivity index (χ0n) is 11.5. The number of Topliss-reactive ketones (excluding diaryl/α,β-unsaturated/α-hetero) is 1. The average molecular weight is 272 g/mol. The van der Waals surface area contributed by atoms with Crippen LogP contribution in [0.25, 0.3) is 0 Å². The van der Waals surface area contributed by atoms with Gasteiger partial charge in [-0.25, -0.2) is 0 Å². The molecular weight excluding hydrogens is 256 g/mol. The fourth-order valence-corrected chi connectivity index (χ4v) is 1.76. The van der Waals surface area contributed by atoms with Crippen LogP contribution in [0.1, 0.15) is 10.4 Å². The maximum Gasteiger partial charge on any atom is 0.200 e. The predicted octanol–water partition coefficient (Wildman–Crippen LogP) is 2.97. The number of rotatable bonds is 6. The van der Waals surface area contributed by atoms with Gasteiger partial charge in [0.2, 0.25) is 0 Å². The molecule has 4 nitrogen and oxygen atoms in total. The van der Waals surface area contributed by atoms with Gasteiger partial charge in [-0.1, -0.05) is 18.2 Å². The van der Waals surface area contributed by atoms with E-state index in [2.05, 4.69) is 0 Å². The SMILES string of the molecule is COc1ccc(C(=O)COc2ccccc2)cc1OC. The number of methoxy groups -OCH3 is 2. The van der Waals surface area contributed by atoms with Gasteiger partial charge in [-0.05, 0) is 30.3 Å². The van der Waals surface area contributed by atoms with Crippen molar-refractivity contribution in [3.05, 3.63) is 54.1 Å². The maximum absolute atomic E-state index is 12.1. The smallest absolute Gasteiger partial charge is 0.200 e. The van der Waals surface area contributed by atoms with Crippen molar-refractivity contribution in [3.63, 3.8) is 0 Å². The Morgan fingerprint density at radius 1 is 0.950 bits per heavy atom. The second-order valence-corrected chi connectivity index (χ2v) is 4.09. The molecule has 0 bridgehead atoms. The van der Waals surface area contributed by atoms with Gasteiger partial charge in [-0.2, -0.15) is 0 Å². The van der Waals surface area contributed by atoms with E-state index in [4.69, 9.17) is 14.2 Å². The predicted molar refractivity (Wildman–Crippen MR) is 75.8 cm³/mol. The van der Waals surface area contributed by atoms with Crippen molar-refractivity contribution in [1.82, 2.24) is 0 Å². The summed E-state index contributed by atoms with van der Waals surface area (Å²) in [6.45, 7) is -0.0144. The first-order chi connectivity index (χ1) is 9.74. The molecule has 0 aliphatic heterocycles. The van der Waals surface area contributed by atoms with Crippen LogP contribution in [-0.4, -0.2) is 26.6 Å². The van der Waals surface area contributed by atoms with Gasteiger partial charge in [0.15, 0.2) is 23.9 Å². The van der Waals surface area contributed by atoms with Gasteiger partial charge in [0, 0.05) is 5.56 Å². The highest BCUT2D eigenvalue weighted by molar-refractivity contribution is 5.97. The van der Waals surface area contributed by atoms with E-state index in [-0.39, 0.29) is 12.4 Å². The second-order valence-electron chi connectivity index (χ2n) is 4.09. The molecule has 0 amide bonds. The molecule has 0 heterocycles. The molecule has 2 aromatic carbocycles. The molecule has 0 N–H and O–H groups in total. The zero-order chi connectivity index (χ0) is 14.4. The van der Waals surface area contributed by atoms with Crippen molar-refractivity contribution in [2.45, 2.75) is 0 Å². The summed E-state index contributed by atoms with van der Waals surface area (Å²) in [5.74, 6) is 1.67. The van der Waals surface area contributed by atoms with Gasteiger partial charge in [0.05, 0.1) is 14.2 Å². The van der Waals surface area contributed by atoms with E-state index in [0.29, 0.717) is 22.8 Å². The van der Waals surface area contributed by atoms with Crippen LogP contribution in [0.15, 0.2) is 48.5 Å². The summed E-state index contributed by atoms with van der Waals surface area (Å²) in [4.78, 5) is 12.1. The molecule has 0 aromatic heterocycles. The Morgan fingerprint density at radius 2 is 1.65 bits per heavy atom. The first-order valence-electron chi connectivity index (χ1n) is 6.17. The topological polar surface area (TPSA) is 44.8 Å². The third-order valence-corrected chi connectivity index (χ3v) is 2.82. The molecule has 2 aromatic rings. The minimum absolute atomic E-state index is 0.0144. The van der Waals surface area contributed by atoms with Crippen LogP contribution in [0.5, 0.6) is 17.2 Å². The van der Waals surface area contributed by atoms with Crippen molar-refractivity contribution < 1.29 is 19.0 Å². The second kappa shape index (κ2) is 6.61. The summed E-state index contributed by atoms with van der Waals surface area (Å²) in [7, 11) is 3.09. The first-order valence-corrected chi connectivity index (χ1v) is 6.17. The van der Waals surface area contributed by atoms with E-state index < -0.39 is 0 Å². The molecule has 0 radical (unpaired) electrons. The van der Waals surface area contributed by atoms with Crippen LogP contribution in [0.2, 0.25) is 0 Å². The monoisotopic (exact) mass is 272 g/mol. The minimum atomic E-state index is -0.116. The van der Waals surface area contributed by atoms with Crippen LogP contribution in [0.3, 0.4) is 0 Å². The zero-order valence-corrected chi connectivity index (χ0v) is 11.5. The van der Waals surface area contributed by atoms with Crippen molar-refractivity contribution >= 4 is 5.78 Å². The van der Waals surface area contributed by atoms with Gasteiger partial charge >= 0.3 is 0 Å². The number of hydrogen-bond acceptors (Lipinski definition) is 4. The number of hydrogen-bond donors (Lipinski definition) is 0. The summed E-state index contributed by atoms with van der Waals surface area (Å²) in [6.07, 6.45) is 0. The number of benzene rings is 2. The van der Waals surface area contributed by atoms with Gasteiger partial charge in [0.1, 0.15) is 5.75 Å². The van der Waals surface area contributed by atoms with E-state index in [1.807, 2.05) is 30.3 Å². The Labute approximate surface area is 117 Å². The summed E-state index contributed by atoms with van der Waals surface area (Å²) >= 11 is 0. The van der Waals surface area contributed by atoms with Crippen LogP contribution in [-0.2, 0) is 0 Å². The Balaban J connectivity index is 2.06. The molecule has 0 aliphatic rings. The fourth-order valence-electron chi connectivity index (χ4n) is 1.76. The number of carbonyl (C=O) groups is 1. The fraction of sp³-hybridized carbons (Fsp3) is 0.188. The summed E-state index contributed by atoms with van der Waals surface area (Å²) in [6, 6.07) is 14.3. The van der Waals surface area contributed by atoms with Crippen molar-refractivity contribution in [2.75, 3.05) is 20.8 Å². The quantitative estimate of drug-likeness (QED) is 0.758. The molecule has 0 spiro atoms. The molecule has 0 saturated carbocycles. The molecule has 0 fully saturated rings. The molecule has 0 aliphatic carbocycles. The van der Waals surface area contributed by atoms with E-state index in [9.17, 15) is 4.79 Å². The van der Waals surface area contributed by atoms with Gasteiger partial charge in [-0.15, -0.1) is 0 Å². The number of ether oxygens (including phenoxy) is 3. The molecular formula is C16H16O4. The molecule has 0 unspecified atom stereocenters. The lowest BCUT2D eigenvalue weighted by Gasteiger charge is -2.09. The number of ketones is 1. The van der Waals surface area contributed by atoms with Crippen LogP contribution >= 0.6 is 0 Å². The van der Waals surface area contributed by atoms with E-state index in [1.165, 1.54) is 7.11 Å². The van der Waals surface area contributed by atoms with Gasteiger partial charge in [-0.3, -0.25) is 4.79 Å². The van der Waals surface area contributed by atoms with Crippen molar-refractivity contribution in [2.24, 2.45) is 0 Å². The van der Waals surface area contributed by atoms with Crippen molar-refractivity contribution in [1.29, 1.82) is 0 Å². The first kappa shape index (κ1) is 13.9. The summed E-state index contributed by atoms with van der Waals surface area (Å²) in [5.41, 5.74) is 0.526. The largest absolute Gasteiger partial charge is 0.493 e. The third kappa shape index (κ3) is 3.29. The normalized spacial score (nSPS) is 9.90. The standard InChI is InChI=1S/C16H16O4/c1-18-15-9-8-12(10-16(15)19-2)14(17)11-20-13-6-4-3-5-7-13/h3-10H,11H2,1-2H3. The van der Waals surface area contributed by atoms with Crippen LogP contribution in [0, 0.1) is 0 Å². The van der Waals surface area contributed by atoms with E-state index in [1.54, 1.807) is 25.3 Å². The highest BCUT2D eigenvalue weighted by Gasteiger charge is 2.11. The maximum atomic E-state index is 12.1. The molecule has 104 valence electrons. The highest BCUT2D eigenvalue weighted by atomic mass is 16.5. The van der Waals surface area contributed by atoms with Gasteiger partial charge < -0.3 is 14.2 Å². The average Bonchev–Trinajstić information content (AvgIpc) is 2.52. The van der Waals surface area contributed by atoms with E-state index >= 15 is 0 Å². The molecule has 0 atom stereocenters. The highest BCUT2D eigenvalue weighted by Crippen LogP contribution is 2.27. The molecule has 2 rings (SSSR count). The molecule has 20 heavy (non-hydrogen) atoms. The van der Waals surface area contributed by atoms with E-state index in [0.717, 1.165) is 0 Å². The van der Waals surface area contributed by atoms with Gasteiger partial charge in [0.25, 0.3) is 0 Å². The Morgan fingerprint density at radius 3 is 2.30 bits per heavy atom. The summed E-state index contributed by atoms with van der Waals surface area (Å²) < 4.78 is 15.7. The lowest BCUT2D eigenvalue weighted by molar-refractivity contribution is 0.0921. The Bertz CT molecular complexity index is 578. The number of carbonyl (C=O) groups excluding carboxylic acids is 1. The molecule has 4 heteroatoms. The van der Waals surface area contributed by atoms with Crippen molar-refractivity contribution in [3.8, 4) is 17.2 Å². The minimum Gasteiger partial charge on any atom is -0.493 e.